The van der Waals surface area contributed by atoms with E-state index in [1.807, 2.05) is 18.7 Å². The van der Waals surface area contributed by atoms with Gasteiger partial charge in [-0.1, -0.05) is 0 Å². The van der Waals surface area contributed by atoms with Crippen LogP contribution in [-0.4, -0.2) is 59.9 Å². The summed E-state index contributed by atoms with van der Waals surface area (Å²) >= 11 is 0. The molecule has 2 amide bonds. The maximum atomic E-state index is 12.9. The molecule has 1 aliphatic carbocycles. The van der Waals surface area contributed by atoms with Gasteiger partial charge in [-0.05, 0) is 65.0 Å². The number of carbonyl (C=O) groups excluding carboxylic acids is 2. The minimum atomic E-state index is -0.663. The summed E-state index contributed by atoms with van der Waals surface area (Å²) in [6, 6.07) is -0.337. The van der Waals surface area contributed by atoms with Gasteiger partial charge in [0.2, 0.25) is 11.8 Å². The van der Waals surface area contributed by atoms with E-state index in [2.05, 4.69) is 17.3 Å². The first kappa shape index (κ1) is 14.8. The van der Waals surface area contributed by atoms with Crippen LogP contribution < -0.4 is 5.32 Å². The largest absolute Gasteiger partial charge is 0.340 e. The normalized spacial score (nSPS) is 38.5. The van der Waals surface area contributed by atoms with Gasteiger partial charge in [-0.3, -0.25) is 9.59 Å². The molecule has 3 fully saturated rings. The molecule has 1 saturated carbocycles. The molecule has 3 unspecified atom stereocenters. The number of carbonyl (C=O) groups is 2. The van der Waals surface area contributed by atoms with Gasteiger partial charge < -0.3 is 15.1 Å². The van der Waals surface area contributed by atoms with Crippen molar-refractivity contribution >= 4 is 11.8 Å². The van der Waals surface area contributed by atoms with E-state index in [0.29, 0.717) is 11.8 Å². The first-order valence-electron chi connectivity index (χ1n) is 8.23. The third-order valence-corrected chi connectivity index (χ3v) is 5.51. The van der Waals surface area contributed by atoms with Crippen molar-refractivity contribution in [1.82, 2.24) is 15.1 Å². The molecule has 2 saturated heterocycles. The molecule has 0 radical (unpaired) electrons. The lowest BCUT2D eigenvalue weighted by Crippen LogP contribution is -2.70. The van der Waals surface area contributed by atoms with Crippen LogP contribution in [-0.2, 0) is 9.59 Å². The van der Waals surface area contributed by atoms with E-state index in [1.165, 1.54) is 6.42 Å². The molecule has 0 aromatic rings. The van der Waals surface area contributed by atoms with E-state index in [9.17, 15) is 9.59 Å². The molecule has 2 aliphatic heterocycles. The average Bonchev–Trinajstić information content (AvgIpc) is 3.26. The van der Waals surface area contributed by atoms with Gasteiger partial charge in [0.05, 0.1) is 0 Å². The summed E-state index contributed by atoms with van der Waals surface area (Å²) < 4.78 is 0. The summed E-state index contributed by atoms with van der Waals surface area (Å²) in [5.74, 6) is 0.959. The van der Waals surface area contributed by atoms with Gasteiger partial charge >= 0.3 is 0 Å². The number of hydrogen-bond donors (Lipinski definition) is 1. The van der Waals surface area contributed by atoms with E-state index in [4.69, 9.17) is 0 Å². The zero-order chi connectivity index (χ0) is 15.2. The summed E-state index contributed by atoms with van der Waals surface area (Å²) in [5.41, 5.74) is -0.663. The van der Waals surface area contributed by atoms with Crippen molar-refractivity contribution in [1.29, 1.82) is 0 Å². The lowest BCUT2D eigenvalue weighted by molar-refractivity contribution is -0.155. The Bertz CT molecular complexity index is 449. The number of piperidine rings is 1. The molecule has 21 heavy (non-hydrogen) atoms. The van der Waals surface area contributed by atoms with Crippen LogP contribution in [0.15, 0.2) is 0 Å². The molecule has 0 spiro atoms. The van der Waals surface area contributed by atoms with Crippen LogP contribution in [0.2, 0.25) is 0 Å². The van der Waals surface area contributed by atoms with E-state index >= 15 is 0 Å². The third-order valence-electron chi connectivity index (χ3n) is 5.51. The van der Waals surface area contributed by atoms with Crippen LogP contribution in [0.5, 0.6) is 0 Å². The molecular formula is C16H27N3O2. The highest BCUT2D eigenvalue weighted by atomic mass is 16.2. The van der Waals surface area contributed by atoms with Crippen LogP contribution in [0.1, 0.15) is 39.5 Å². The Morgan fingerprint density at radius 1 is 1.29 bits per heavy atom. The topological polar surface area (TPSA) is 52.7 Å². The predicted octanol–water partition coefficient (Wildman–Crippen LogP) is 0.844. The first-order valence-corrected chi connectivity index (χ1v) is 8.23. The van der Waals surface area contributed by atoms with Crippen LogP contribution in [0, 0.1) is 11.8 Å². The van der Waals surface area contributed by atoms with Gasteiger partial charge in [0.1, 0.15) is 11.6 Å². The highest BCUT2D eigenvalue weighted by Gasteiger charge is 2.54. The summed E-state index contributed by atoms with van der Waals surface area (Å²) in [6.07, 6.45) is 4.44. The molecule has 2 heterocycles. The second kappa shape index (κ2) is 5.27. The Morgan fingerprint density at radius 2 is 2.00 bits per heavy atom. The summed E-state index contributed by atoms with van der Waals surface area (Å²) in [6.45, 7) is 6.65. The number of likely N-dealkylation sites (tertiary alicyclic amines) is 1. The van der Waals surface area contributed by atoms with E-state index < -0.39 is 5.54 Å². The van der Waals surface area contributed by atoms with Crippen molar-refractivity contribution in [3.05, 3.63) is 0 Å². The standard InChI is InChI=1S/C16H27N3O2/c1-11-14(20)17-16(2,13-6-7-13)15(21)19(11)10-12-5-4-8-18(3)9-12/h11-13H,4-10H2,1-3H3,(H,17,20). The van der Waals surface area contributed by atoms with Gasteiger partial charge in [-0.2, -0.15) is 0 Å². The number of rotatable bonds is 3. The van der Waals surface area contributed by atoms with Crippen molar-refractivity contribution in [2.75, 3.05) is 26.7 Å². The Labute approximate surface area is 127 Å². The van der Waals surface area contributed by atoms with Crippen molar-refractivity contribution in [3.63, 3.8) is 0 Å². The number of amides is 2. The average molecular weight is 293 g/mol. The molecule has 1 N–H and O–H groups in total. The number of hydrogen-bond acceptors (Lipinski definition) is 3. The molecule has 0 bridgehead atoms. The highest BCUT2D eigenvalue weighted by molar-refractivity contribution is 5.99. The summed E-state index contributed by atoms with van der Waals surface area (Å²) in [5, 5.41) is 2.99. The number of nitrogens with zero attached hydrogens (tertiary/aromatic N) is 2. The zero-order valence-corrected chi connectivity index (χ0v) is 13.4. The Balaban J connectivity index is 1.74. The second-order valence-electron chi connectivity index (χ2n) is 7.37. The lowest BCUT2D eigenvalue weighted by Gasteiger charge is -2.45. The number of nitrogens with one attached hydrogen (secondary N) is 1. The van der Waals surface area contributed by atoms with Crippen molar-refractivity contribution in [3.8, 4) is 0 Å². The minimum absolute atomic E-state index is 0.00756. The molecule has 0 aromatic heterocycles. The fourth-order valence-corrected chi connectivity index (χ4v) is 3.91. The number of piperazine rings is 1. The molecule has 5 heteroatoms. The molecular weight excluding hydrogens is 266 g/mol. The van der Waals surface area contributed by atoms with Gasteiger partial charge in [0.25, 0.3) is 0 Å². The SMILES string of the molecule is CC1C(=O)NC(C)(C2CC2)C(=O)N1CC1CCCN(C)C1. The fourth-order valence-electron chi connectivity index (χ4n) is 3.91. The molecule has 3 rings (SSSR count). The highest BCUT2D eigenvalue weighted by Crippen LogP contribution is 2.42. The van der Waals surface area contributed by atoms with Gasteiger partial charge in [-0.15, -0.1) is 0 Å². The molecule has 3 atom stereocenters. The van der Waals surface area contributed by atoms with Crippen molar-refractivity contribution < 1.29 is 9.59 Å². The molecule has 0 aromatic carbocycles. The zero-order valence-electron chi connectivity index (χ0n) is 13.4. The minimum Gasteiger partial charge on any atom is -0.340 e. The van der Waals surface area contributed by atoms with Gasteiger partial charge in [0.15, 0.2) is 0 Å². The molecule has 3 aliphatic rings. The Hall–Kier alpha value is -1.10. The van der Waals surface area contributed by atoms with Crippen molar-refractivity contribution in [2.45, 2.75) is 51.1 Å². The van der Waals surface area contributed by atoms with E-state index in [1.54, 1.807) is 0 Å². The van der Waals surface area contributed by atoms with Gasteiger partial charge in [-0.25, -0.2) is 0 Å². The molecule has 118 valence electrons. The second-order valence-corrected chi connectivity index (χ2v) is 7.37. The maximum Gasteiger partial charge on any atom is 0.249 e. The van der Waals surface area contributed by atoms with Crippen LogP contribution in [0.25, 0.3) is 0 Å². The van der Waals surface area contributed by atoms with E-state index in [0.717, 1.165) is 38.9 Å². The maximum absolute atomic E-state index is 12.9. The third kappa shape index (κ3) is 2.68. The van der Waals surface area contributed by atoms with Crippen LogP contribution in [0.4, 0.5) is 0 Å². The monoisotopic (exact) mass is 293 g/mol. The Morgan fingerprint density at radius 3 is 2.62 bits per heavy atom. The quantitative estimate of drug-likeness (QED) is 0.839. The summed E-state index contributed by atoms with van der Waals surface area (Å²) in [7, 11) is 2.13. The van der Waals surface area contributed by atoms with Crippen molar-refractivity contribution in [2.24, 2.45) is 11.8 Å². The van der Waals surface area contributed by atoms with E-state index in [-0.39, 0.29) is 17.9 Å². The first-order chi connectivity index (χ1) is 9.91. The summed E-state index contributed by atoms with van der Waals surface area (Å²) in [4.78, 5) is 29.4. The van der Waals surface area contributed by atoms with Crippen LogP contribution >= 0.6 is 0 Å². The Kier molecular flexibility index (Phi) is 3.72. The predicted molar refractivity (Wildman–Crippen MR) is 80.7 cm³/mol. The lowest BCUT2D eigenvalue weighted by atomic mass is 9.88. The smallest absolute Gasteiger partial charge is 0.249 e. The van der Waals surface area contributed by atoms with Gasteiger partial charge in [0, 0.05) is 13.1 Å². The van der Waals surface area contributed by atoms with Crippen LogP contribution in [0.3, 0.4) is 0 Å². The molecule has 5 nitrogen and oxygen atoms in total. The fraction of sp³-hybridized carbons (Fsp3) is 0.875.